The highest BCUT2D eigenvalue weighted by atomic mass is 79.9. The maximum absolute atomic E-state index is 10.9. The Bertz CT molecular complexity index is 351. The number of halogens is 1. The fourth-order valence-corrected chi connectivity index (χ4v) is 1.59. The van der Waals surface area contributed by atoms with E-state index in [1.54, 1.807) is 0 Å². The van der Waals surface area contributed by atoms with Crippen molar-refractivity contribution >= 4 is 21.8 Å². The van der Waals surface area contributed by atoms with Crippen molar-refractivity contribution in [3.63, 3.8) is 0 Å². The first-order chi connectivity index (χ1) is 7.50. The number of carbonyl (C=O) groups excluding carboxylic acids is 1. The van der Waals surface area contributed by atoms with Gasteiger partial charge in [-0.05, 0) is 24.6 Å². The number of benzene rings is 1. The van der Waals surface area contributed by atoms with Gasteiger partial charge in [-0.2, -0.15) is 0 Å². The lowest BCUT2D eigenvalue weighted by atomic mass is 10.1. The van der Waals surface area contributed by atoms with Gasteiger partial charge in [0.25, 0.3) is 0 Å². The minimum atomic E-state index is -0.268. The number of hydrogen-bond donors (Lipinski definition) is 2. The van der Waals surface area contributed by atoms with Gasteiger partial charge in [0.15, 0.2) is 0 Å². The second-order valence-corrected chi connectivity index (χ2v) is 4.90. The molecule has 0 saturated heterocycles. The maximum Gasteiger partial charge on any atom is 0.221 e. The molecule has 0 saturated carbocycles. The van der Waals surface area contributed by atoms with Gasteiger partial charge in [-0.1, -0.05) is 35.0 Å². The van der Waals surface area contributed by atoms with Crippen LogP contribution in [-0.2, 0) is 4.79 Å². The van der Waals surface area contributed by atoms with E-state index in [0.29, 0.717) is 6.54 Å². The summed E-state index contributed by atoms with van der Waals surface area (Å²) in [5.74, 6) is -0.409. The summed E-state index contributed by atoms with van der Waals surface area (Å²) in [6.07, 6.45) is 0. The normalized spacial score (nSPS) is 14.4. The van der Waals surface area contributed by atoms with Gasteiger partial charge < -0.3 is 11.1 Å². The van der Waals surface area contributed by atoms with Crippen LogP contribution < -0.4 is 11.1 Å². The summed E-state index contributed by atoms with van der Waals surface area (Å²) in [6, 6.07) is 8.33. The SMILES string of the molecule is CC(CN[C@@H](C)c1ccc(Br)cc1)C(N)=O. The van der Waals surface area contributed by atoms with Gasteiger partial charge in [0.2, 0.25) is 5.91 Å². The van der Waals surface area contributed by atoms with E-state index in [9.17, 15) is 4.79 Å². The van der Waals surface area contributed by atoms with Gasteiger partial charge >= 0.3 is 0 Å². The molecule has 0 radical (unpaired) electrons. The predicted molar refractivity (Wildman–Crippen MR) is 68.9 cm³/mol. The molecule has 1 rings (SSSR count). The summed E-state index contributed by atoms with van der Waals surface area (Å²) in [4.78, 5) is 10.9. The lowest BCUT2D eigenvalue weighted by Crippen LogP contribution is -2.32. The molecule has 16 heavy (non-hydrogen) atoms. The van der Waals surface area contributed by atoms with E-state index >= 15 is 0 Å². The van der Waals surface area contributed by atoms with E-state index in [0.717, 1.165) is 4.47 Å². The summed E-state index contributed by atoms with van der Waals surface area (Å²) in [7, 11) is 0. The monoisotopic (exact) mass is 284 g/mol. The van der Waals surface area contributed by atoms with Gasteiger partial charge in [-0.3, -0.25) is 4.79 Å². The standard InChI is InChI=1S/C12H17BrN2O/c1-8(12(14)16)7-15-9(2)10-3-5-11(13)6-4-10/h3-6,8-9,15H,7H2,1-2H3,(H2,14,16)/t8?,9-/m0/s1. The highest BCUT2D eigenvalue weighted by molar-refractivity contribution is 9.10. The average Bonchev–Trinajstić information content (AvgIpc) is 2.26. The smallest absolute Gasteiger partial charge is 0.221 e. The van der Waals surface area contributed by atoms with Crippen molar-refractivity contribution in [2.75, 3.05) is 6.54 Å². The first-order valence-electron chi connectivity index (χ1n) is 5.29. The predicted octanol–water partition coefficient (Wildman–Crippen LogP) is 2.22. The van der Waals surface area contributed by atoms with Crippen molar-refractivity contribution in [3.8, 4) is 0 Å². The molecule has 0 spiro atoms. The fourth-order valence-electron chi connectivity index (χ4n) is 1.32. The van der Waals surface area contributed by atoms with Gasteiger partial charge in [0.05, 0.1) is 0 Å². The number of carbonyl (C=O) groups is 1. The Kier molecular flexibility index (Phi) is 4.96. The third-order valence-electron chi connectivity index (χ3n) is 2.59. The van der Waals surface area contributed by atoms with E-state index in [1.807, 2.05) is 19.1 Å². The molecule has 4 heteroatoms. The lowest BCUT2D eigenvalue weighted by Gasteiger charge is -2.16. The Labute approximate surface area is 105 Å². The van der Waals surface area contributed by atoms with E-state index in [2.05, 4.69) is 40.3 Å². The minimum absolute atomic E-state index is 0.141. The van der Waals surface area contributed by atoms with Gasteiger partial charge in [-0.15, -0.1) is 0 Å². The Balaban J connectivity index is 2.49. The van der Waals surface area contributed by atoms with Crippen LogP contribution in [0.3, 0.4) is 0 Å². The number of nitrogens with two attached hydrogens (primary N) is 1. The molecule has 0 heterocycles. The molecule has 1 amide bonds. The van der Waals surface area contributed by atoms with Crippen LogP contribution in [0.15, 0.2) is 28.7 Å². The number of nitrogens with one attached hydrogen (secondary N) is 1. The van der Waals surface area contributed by atoms with E-state index in [4.69, 9.17) is 5.73 Å². The quantitative estimate of drug-likeness (QED) is 0.871. The third-order valence-corrected chi connectivity index (χ3v) is 3.11. The van der Waals surface area contributed by atoms with Crippen LogP contribution in [0.25, 0.3) is 0 Å². The van der Waals surface area contributed by atoms with Crippen molar-refractivity contribution < 1.29 is 4.79 Å². The first-order valence-corrected chi connectivity index (χ1v) is 6.08. The Morgan fingerprint density at radius 3 is 2.44 bits per heavy atom. The van der Waals surface area contributed by atoms with Crippen molar-refractivity contribution in [3.05, 3.63) is 34.3 Å². The van der Waals surface area contributed by atoms with Gasteiger partial charge in [-0.25, -0.2) is 0 Å². The van der Waals surface area contributed by atoms with E-state index < -0.39 is 0 Å². The Morgan fingerprint density at radius 1 is 1.38 bits per heavy atom. The first kappa shape index (κ1) is 13.2. The van der Waals surface area contributed by atoms with Gasteiger partial charge in [0, 0.05) is 23.0 Å². The Morgan fingerprint density at radius 2 is 1.94 bits per heavy atom. The van der Waals surface area contributed by atoms with Crippen molar-refractivity contribution in [2.24, 2.45) is 11.7 Å². The summed E-state index contributed by atoms with van der Waals surface area (Å²) >= 11 is 3.39. The van der Waals surface area contributed by atoms with Crippen LogP contribution in [0, 0.1) is 5.92 Å². The molecule has 0 fully saturated rings. The molecule has 0 aliphatic heterocycles. The highest BCUT2D eigenvalue weighted by Crippen LogP contribution is 2.16. The van der Waals surface area contributed by atoms with Crippen molar-refractivity contribution in [1.29, 1.82) is 0 Å². The summed E-state index contributed by atoms with van der Waals surface area (Å²) in [5, 5.41) is 3.28. The largest absolute Gasteiger partial charge is 0.369 e. The second-order valence-electron chi connectivity index (χ2n) is 3.98. The van der Waals surface area contributed by atoms with Crippen LogP contribution in [-0.4, -0.2) is 12.5 Å². The fraction of sp³-hybridized carbons (Fsp3) is 0.417. The number of hydrogen-bond acceptors (Lipinski definition) is 2. The van der Waals surface area contributed by atoms with Gasteiger partial charge in [0.1, 0.15) is 0 Å². The molecule has 3 nitrogen and oxygen atoms in total. The van der Waals surface area contributed by atoms with Crippen LogP contribution in [0.5, 0.6) is 0 Å². The average molecular weight is 285 g/mol. The summed E-state index contributed by atoms with van der Waals surface area (Å²) < 4.78 is 1.06. The highest BCUT2D eigenvalue weighted by Gasteiger charge is 2.10. The van der Waals surface area contributed by atoms with Crippen molar-refractivity contribution in [1.82, 2.24) is 5.32 Å². The van der Waals surface area contributed by atoms with Crippen LogP contribution in [0.1, 0.15) is 25.5 Å². The molecule has 0 aliphatic rings. The summed E-state index contributed by atoms with van der Waals surface area (Å²) in [5.41, 5.74) is 6.39. The molecule has 1 aromatic carbocycles. The molecule has 0 aliphatic carbocycles. The number of amides is 1. The topological polar surface area (TPSA) is 55.1 Å². The van der Waals surface area contributed by atoms with Crippen molar-refractivity contribution in [2.45, 2.75) is 19.9 Å². The molecular weight excluding hydrogens is 268 g/mol. The molecule has 3 N–H and O–H groups in total. The molecule has 0 aromatic heterocycles. The second kappa shape index (κ2) is 6.01. The van der Waals surface area contributed by atoms with Crippen LogP contribution in [0.4, 0.5) is 0 Å². The zero-order chi connectivity index (χ0) is 12.1. The molecular formula is C12H17BrN2O. The summed E-state index contributed by atoms with van der Waals surface area (Å²) in [6.45, 7) is 4.49. The molecule has 88 valence electrons. The van der Waals surface area contributed by atoms with Crippen LogP contribution >= 0.6 is 15.9 Å². The molecule has 2 atom stereocenters. The van der Waals surface area contributed by atoms with Crippen LogP contribution in [0.2, 0.25) is 0 Å². The maximum atomic E-state index is 10.9. The Hall–Kier alpha value is -0.870. The third kappa shape index (κ3) is 3.94. The minimum Gasteiger partial charge on any atom is -0.369 e. The van der Waals surface area contributed by atoms with E-state index in [1.165, 1.54) is 5.56 Å². The zero-order valence-corrected chi connectivity index (χ0v) is 11.1. The number of rotatable bonds is 5. The molecule has 0 bridgehead atoms. The lowest BCUT2D eigenvalue weighted by molar-refractivity contribution is -0.121. The zero-order valence-electron chi connectivity index (χ0n) is 9.53. The van der Waals surface area contributed by atoms with E-state index in [-0.39, 0.29) is 17.9 Å². The molecule has 1 aromatic rings. The molecule has 1 unspecified atom stereocenters. The number of primary amides is 1.